The number of benzene rings is 1. The third kappa shape index (κ3) is 5.20. The second-order valence-electron chi connectivity index (χ2n) is 7.11. The number of thiophene rings is 1. The van der Waals surface area contributed by atoms with Gasteiger partial charge in [0.1, 0.15) is 0 Å². The summed E-state index contributed by atoms with van der Waals surface area (Å²) in [4.78, 5) is 5.74. The second-order valence-corrected chi connectivity index (χ2v) is 8.06. The molecule has 3 rings (SSSR count). The van der Waals surface area contributed by atoms with Crippen LogP contribution in [0.2, 0.25) is 0 Å². The Balaban J connectivity index is 1.58. The van der Waals surface area contributed by atoms with Crippen LogP contribution in [0.1, 0.15) is 29.9 Å². The largest absolute Gasteiger partial charge is 0.356 e. The summed E-state index contributed by atoms with van der Waals surface area (Å²) in [5.41, 5.74) is 2.56. The minimum Gasteiger partial charge on any atom is -0.356 e. The van der Waals surface area contributed by atoms with Gasteiger partial charge in [0, 0.05) is 42.8 Å². The van der Waals surface area contributed by atoms with Gasteiger partial charge in [-0.15, -0.1) is 11.3 Å². The van der Waals surface area contributed by atoms with Gasteiger partial charge in [-0.25, -0.2) is 0 Å². The van der Waals surface area contributed by atoms with Crippen LogP contribution in [0, 0.1) is 0 Å². The van der Waals surface area contributed by atoms with Crippen LogP contribution in [0.15, 0.2) is 65.2 Å². The molecule has 3 aromatic rings. The van der Waals surface area contributed by atoms with Crippen molar-refractivity contribution in [2.24, 2.45) is 4.99 Å². The molecule has 0 radical (unpaired) electrons. The molecule has 0 spiro atoms. The third-order valence-corrected chi connectivity index (χ3v) is 5.80. The van der Waals surface area contributed by atoms with Gasteiger partial charge in [-0.1, -0.05) is 44.2 Å². The van der Waals surface area contributed by atoms with Crippen LogP contribution in [0.4, 0.5) is 0 Å². The first kappa shape index (κ1) is 19.2. The first-order chi connectivity index (χ1) is 13.1. The minimum absolute atomic E-state index is 0.0593. The molecule has 0 aliphatic carbocycles. The van der Waals surface area contributed by atoms with Gasteiger partial charge in [0.2, 0.25) is 0 Å². The molecule has 0 amide bonds. The van der Waals surface area contributed by atoms with Crippen molar-refractivity contribution < 1.29 is 0 Å². The molecule has 27 heavy (non-hydrogen) atoms. The van der Waals surface area contributed by atoms with Gasteiger partial charge >= 0.3 is 0 Å². The maximum atomic E-state index is 4.37. The minimum atomic E-state index is 0.0593. The topological polar surface area (TPSA) is 54.2 Å². The molecule has 6 heteroatoms. The Morgan fingerprint density at radius 1 is 1.11 bits per heavy atom. The van der Waals surface area contributed by atoms with E-state index in [4.69, 9.17) is 0 Å². The lowest BCUT2D eigenvalue weighted by Gasteiger charge is -2.25. The van der Waals surface area contributed by atoms with E-state index in [-0.39, 0.29) is 5.41 Å². The molecule has 2 aromatic heterocycles. The normalized spacial score (nSPS) is 12.2. The van der Waals surface area contributed by atoms with Crippen molar-refractivity contribution in [3.63, 3.8) is 0 Å². The summed E-state index contributed by atoms with van der Waals surface area (Å²) in [6.45, 7) is 6.80. The number of hydrogen-bond donors (Lipinski definition) is 2. The van der Waals surface area contributed by atoms with E-state index in [0.29, 0.717) is 0 Å². The highest BCUT2D eigenvalue weighted by atomic mass is 32.1. The molecule has 0 fully saturated rings. The number of aromatic nitrogens is 2. The van der Waals surface area contributed by atoms with E-state index in [0.717, 1.165) is 25.6 Å². The third-order valence-electron chi connectivity index (χ3n) is 4.57. The molecule has 2 heterocycles. The number of nitrogens with zero attached hydrogens (tertiary/aromatic N) is 3. The van der Waals surface area contributed by atoms with Crippen molar-refractivity contribution >= 4 is 17.3 Å². The number of aliphatic imine (C=N–C) groups is 1. The zero-order chi connectivity index (χ0) is 19.1. The molecule has 0 aliphatic rings. The fourth-order valence-electron chi connectivity index (χ4n) is 2.91. The molecule has 0 atom stereocenters. The molecular formula is C21H27N5S. The summed E-state index contributed by atoms with van der Waals surface area (Å²) in [5, 5.41) is 13.3. The molecular weight excluding hydrogens is 354 g/mol. The lowest BCUT2D eigenvalue weighted by Crippen LogP contribution is -2.43. The Bertz CT molecular complexity index is 851. The highest BCUT2D eigenvalue weighted by Crippen LogP contribution is 2.26. The summed E-state index contributed by atoms with van der Waals surface area (Å²) in [6, 6.07) is 14.7. The van der Waals surface area contributed by atoms with Crippen LogP contribution in [-0.4, -0.2) is 29.3 Å². The fraction of sp³-hybridized carbons (Fsp3) is 0.333. The number of guanidine groups is 1. The highest BCUT2D eigenvalue weighted by molar-refractivity contribution is 7.10. The molecule has 142 valence electrons. The monoisotopic (exact) mass is 381 g/mol. The van der Waals surface area contributed by atoms with E-state index in [1.807, 2.05) is 30.2 Å². The first-order valence-electron chi connectivity index (χ1n) is 9.11. The van der Waals surface area contributed by atoms with Crippen molar-refractivity contribution in [3.05, 3.63) is 76.2 Å². The van der Waals surface area contributed by atoms with E-state index in [9.17, 15) is 0 Å². The molecule has 0 bridgehead atoms. The molecule has 5 nitrogen and oxygen atoms in total. The summed E-state index contributed by atoms with van der Waals surface area (Å²) < 4.78 is 1.94. The van der Waals surface area contributed by atoms with E-state index in [1.54, 1.807) is 11.3 Å². The molecule has 0 aliphatic heterocycles. The zero-order valence-corrected chi connectivity index (χ0v) is 17.0. The standard InChI is InChI=1S/C21H27N5S/c1-21(2,19-10-6-13-27-19)16-24-20(22-3)23-14-17-8-4-5-9-18(17)15-26-12-7-11-25-26/h4-13H,14-16H2,1-3H3,(H2,22,23,24). The van der Waals surface area contributed by atoms with Crippen molar-refractivity contribution in [1.29, 1.82) is 0 Å². The average Bonchev–Trinajstić information content (AvgIpc) is 3.37. The van der Waals surface area contributed by atoms with Crippen LogP contribution in [0.5, 0.6) is 0 Å². The van der Waals surface area contributed by atoms with Gasteiger partial charge in [0.15, 0.2) is 5.96 Å². The summed E-state index contributed by atoms with van der Waals surface area (Å²) >= 11 is 1.79. The van der Waals surface area contributed by atoms with Crippen LogP contribution in [0.25, 0.3) is 0 Å². The second kappa shape index (κ2) is 8.86. The predicted octanol–water partition coefficient (Wildman–Crippen LogP) is 3.64. The summed E-state index contributed by atoms with van der Waals surface area (Å²) in [5.74, 6) is 0.813. The molecule has 0 saturated heterocycles. The quantitative estimate of drug-likeness (QED) is 0.485. The first-order valence-corrected chi connectivity index (χ1v) is 9.99. The predicted molar refractivity (Wildman–Crippen MR) is 113 cm³/mol. The van der Waals surface area contributed by atoms with E-state index < -0.39 is 0 Å². The van der Waals surface area contributed by atoms with Gasteiger partial charge < -0.3 is 10.6 Å². The zero-order valence-electron chi connectivity index (χ0n) is 16.1. The van der Waals surface area contributed by atoms with Crippen molar-refractivity contribution in [3.8, 4) is 0 Å². The smallest absolute Gasteiger partial charge is 0.191 e. The summed E-state index contributed by atoms with van der Waals surface area (Å²) in [7, 11) is 1.81. The summed E-state index contributed by atoms with van der Waals surface area (Å²) in [6.07, 6.45) is 3.79. The van der Waals surface area contributed by atoms with Crippen molar-refractivity contribution in [1.82, 2.24) is 20.4 Å². The van der Waals surface area contributed by atoms with E-state index >= 15 is 0 Å². The SMILES string of the molecule is CN=C(NCc1ccccc1Cn1cccn1)NCC(C)(C)c1cccs1. The highest BCUT2D eigenvalue weighted by Gasteiger charge is 2.21. The number of nitrogens with one attached hydrogen (secondary N) is 2. The van der Waals surface area contributed by atoms with Crippen LogP contribution < -0.4 is 10.6 Å². The van der Waals surface area contributed by atoms with Crippen molar-refractivity contribution in [2.75, 3.05) is 13.6 Å². The van der Waals surface area contributed by atoms with Gasteiger partial charge in [-0.3, -0.25) is 9.67 Å². The van der Waals surface area contributed by atoms with Gasteiger partial charge in [-0.2, -0.15) is 5.10 Å². The van der Waals surface area contributed by atoms with Gasteiger partial charge in [0.25, 0.3) is 0 Å². The van der Waals surface area contributed by atoms with Crippen LogP contribution in [0.3, 0.4) is 0 Å². The van der Waals surface area contributed by atoms with Crippen molar-refractivity contribution in [2.45, 2.75) is 32.4 Å². The Morgan fingerprint density at radius 2 is 1.93 bits per heavy atom. The number of hydrogen-bond acceptors (Lipinski definition) is 3. The molecule has 2 N–H and O–H groups in total. The lowest BCUT2D eigenvalue weighted by molar-refractivity contribution is 0.518. The van der Waals surface area contributed by atoms with E-state index in [1.165, 1.54) is 16.0 Å². The molecule has 0 saturated carbocycles. The van der Waals surface area contributed by atoms with Crippen LogP contribution >= 0.6 is 11.3 Å². The maximum Gasteiger partial charge on any atom is 0.191 e. The van der Waals surface area contributed by atoms with Crippen LogP contribution in [-0.2, 0) is 18.5 Å². The Labute approximate surface area is 165 Å². The van der Waals surface area contributed by atoms with Gasteiger partial charge in [0.05, 0.1) is 6.54 Å². The average molecular weight is 382 g/mol. The number of rotatable bonds is 7. The molecule has 0 unspecified atom stereocenters. The van der Waals surface area contributed by atoms with Gasteiger partial charge in [-0.05, 0) is 28.6 Å². The fourth-order valence-corrected chi connectivity index (χ4v) is 3.76. The lowest BCUT2D eigenvalue weighted by atomic mass is 9.91. The molecule has 1 aromatic carbocycles. The Kier molecular flexibility index (Phi) is 6.29. The van der Waals surface area contributed by atoms with E-state index in [2.05, 4.69) is 76.4 Å². The Hall–Kier alpha value is -2.60. The maximum absolute atomic E-state index is 4.37. The Morgan fingerprint density at radius 3 is 2.59 bits per heavy atom.